The molecular weight excluding hydrogens is 549 g/mol. The summed E-state index contributed by atoms with van der Waals surface area (Å²) in [5.74, 6) is -0.199. The molecule has 0 aliphatic heterocycles. The summed E-state index contributed by atoms with van der Waals surface area (Å²) in [6.07, 6.45) is 0.896. The number of aryl methyl sites for hydroxylation is 2. The van der Waals surface area contributed by atoms with Crippen molar-refractivity contribution in [3.05, 3.63) is 81.3 Å². The molecule has 1 aromatic carbocycles. The third-order valence-electron chi connectivity index (χ3n) is 5.23. The molecule has 0 saturated carbocycles. The number of aromatic nitrogens is 6. The maximum atomic E-state index is 12.7. The summed E-state index contributed by atoms with van der Waals surface area (Å²) in [6.45, 7) is 1.24. The number of phenols is 1. The van der Waals surface area contributed by atoms with Crippen molar-refractivity contribution in [2.24, 2.45) is 0 Å². The van der Waals surface area contributed by atoms with E-state index < -0.39 is 17.6 Å². The van der Waals surface area contributed by atoms with Gasteiger partial charge in [-0.2, -0.15) is 13.2 Å². The number of pyridine rings is 1. The number of benzene rings is 1. The van der Waals surface area contributed by atoms with E-state index in [1.807, 2.05) is 19.2 Å². The van der Waals surface area contributed by atoms with Gasteiger partial charge in [-0.15, -0.1) is 15.3 Å². The van der Waals surface area contributed by atoms with Gasteiger partial charge in [-0.1, -0.05) is 28.7 Å². The average Bonchev–Trinajstić information content (AvgIpc) is 3.60. The second-order valence-electron chi connectivity index (χ2n) is 8.40. The molecule has 0 spiro atoms. The molecule has 0 aliphatic carbocycles. The SMILES string of the molecule is CNCc1cccc(O)c1.O=Cc1cn(CCCCc2nnc(C(=O)NCc3cc(C(F)(F)F)ccn3)s2)nn1. The fourth-order valence-corrected chi connectivity index (χ4v) is 4.14. The van der Waals surface area contributed by atoms with Crippen LogP contribution < -0.4 is 10.6 Å². The summed E-state index contributed by atoms with van der Waals surface area (Å²) in [5, 5.41) is 30.6. The van der Waals surface area contributed by atoms with Crippen molar-refractivity contribution in [1.82, 2.24) is 40.8 Å². The van der Waals surface area contributed by atoms with Crippen molar-refractivity contribution in [2.45, 2.75) is 45.1 Å². The topological polar surface area (TPSA) is 148 Å². The molecule has 3 N–H and O–H groups in total. The molecule has 11 nitrogen and oxygen atoms in total. The van der Waals surface area contributed by atoms with Crippen LogP contribution in [-0.4, -0.2) is 54.5 Å². The first-order valence-corrected chi connectivity index (χ1v) is 12.9. The van der Waals surface area contributed by atoms with Crippen LogP contribution in [0.4, 0.5) is 13.2 Å². The normalized spacial score (nSPS) is 11.0. The van der Waals surface area contributed by atoms with E-state index in [9.17, 15) is 22.8 Å². The number of aldehydes is 1. The van der Waals surface area contributed by atoms with Gasteiger partial charge in [0.2, 0.25) is 5.01 Å². The molecule has 1 amide bonds. The molecule has 212 valence electrons. The summed E-state index contributed by atoms with van der Waals surface area (Å²) in [5.41, 5.74) is 0.639. The molecule has 0 bridgehead atoms. The van der Waals surface area contributed by atoms with Crippen molar-refractivity contribution in [3.63, 3.8) is 0 Å². The average molecular weight is 577 g/mol. The highest BCUT2D eigenvalue weighted by Gasteiger charge is 2.30. The highest BCUT2D eigenvalue weighted by molar-refractivity contribution is 7.13. The Bertz CT molecular complexity index is 1390. The number of alkyl halides is 3. The number of hydrogen-bond donors (Lipinski definition) is 3. The smallest absolute Gasteiger partial charge is 0.416 e. The quantitative estimate of drug-likeness (QED) is 0.180. The van der Waals surface area contributed by atoms with Gasteiger partial charge in [0, 0.05) is 25.7 Å². The van der Waals surface area contributed by atoms with Gasteiger partial charge in [0.05, 0.1) is 24.0 Å². The summed E-state index contributed by atoms with van der Waals surface area (Å²) in [4.78, 5) is 26.5. The third kappa shape index (κ3) is 9.81. The number of halogens is 3. The van der Waals surface area contributed by atoms with E-state index >= 15 is 0 Å². The third-order valence-corrected chi connectivity index (χ3v) is 6.21. The Labute approximate surface area is 231 Å². The number of amides is 1. The monoisotopic (exact) mass is 576 g/mol. The second-order valence-corrected chi connectivity index (χ2v) is 9.46. The molecule has 4 rings (SSSR count). The Hall–Kier alpha value is -4.24. The first-order chi connectivity index (χ1) is 19.2. The van der Waals surface area contributed by atoms with E-state index in [0.29, 0.717) is 30.0 Å². The Balaban J connectivity index is 0.000000371. The lowest BCUT2D eigenvalue weighted by Gasteiger charge is -2.08. The largest absolute Gasteiger partial charge is 0.508 e. The zero-order valence-corrected chi connectivity index (χ0v) is 22.2. The molecule has 0 unspecified atom stereocenters. The minimum atomic E-state index is -4.47. The minimum Gasteiger partial charge on any atom is -0.508 e. The van der Waals surface area contributed by atoms with Gasteiger partial charge >= 0.3 is 6.18 Å². The first-order valence-electron chi connectivity index (χ1n) is 12.1. The number of hydrogen-bond acceptors (Lipinski definition) is 10. The fourth-order valence-electron chi connectivity index (χ4n) is 3.34. The molecule has 4 aromatic rings. The molecule has 3 aromatic heterocycles. The van der Waals surface area contributed by atoms with Crippen LogP contribution in [0.2, 0.25) is 0 Å². The van der Waals surface area contributed by atoms with E-state index in [1.54, 1.807) is 23.0 Å². The zero-order chi connectivity index (χ0) is 29.0. The van der Waals surface area contributed by atoms with E-state index in [2.05, 4.69) is 36.1 Å². The number of carbonyl (C=O) groups excluding carboxylic acids is 2. The molecule has 40 heavy (non-hydrogen) atoms. The Morgan fingerprint density at radius 3 is 2.65 bits per heavy atom. The molecule has 0 fully saturated rings. The summed E-state index contributed by atoms with van der Waals surface area (Å²) in [7, 11) is 1.88. The van der Waals surface area contributed by atoms with Crippen LogP contribution in [0.1, 0.15) is 55.0 Å². The highest BCUT2D eigenvalue weighted by Crippen LogP contribution is 2.29. The predicted octanol–water partition coefficient (Wildman–Crippen LogP) is 3.42. The lowest BCUT2D eigenvalue weighted by molar-refractivity contribution is -0.137. The first kappa shape index (κ1) is 30.3. The van der Waals surface area contributed by atoms with Crippen molar-refractivity contribution >= 4 is 23.5 Å². The Morgan fingerprint density at radius 1 is 1.12 bits per heavy atom. The van der Waals surface area contributed by atoms with Crippen LogP contribution in [-0.2, 0) is 32.2 Å². The summed E-state index contributed by atoms with van der Waals surface area (Å²) < 4.78 is 39.7. The van der Waals surface area contributed by atoms with Crippen LogP contribution in [0.15, 0.2) is 48.8 Å². The molecule has 0 atom stereocenters. The standard InChI is InChI=1S/C17H16F3N7O2S.C8H11NO/c18-17(19,20)11-4-5-21-12(7-11)8-22-15(29)16-25-24-14(30-16)3-1-2-6-27-9-13(10-28)23-26-27;1-9-6-7-3-2-4-8(10)5-7/h4-5,7,9-10H,1-3,6,8H2,(H,22,29);2-5,9-10H,6H2,1H3. The van der Waals surface area contributed by atoms with Gasteiger partial charge in [0.15, 0.2) is 6.29 Å². The van der Waals surface area contributed by atoms with Crippen molar-refractivity contribution in [3.8, 4) is 5.75 Å². The second kappa shape index (κ2) is 14.8. The van der Waals surface area contributed by atoms with Gasteiger partial charge < -0.3 is 15.7 Å². The Kier molecular flexibility index (Phi) is 11.2. The number of phenolic OH excluding ortho intramolecular Hbond substituents is 1. The molecule has 0 radical (unpaired) electrons. The molecule has 0 aliphatic rings. The number of rotatable bonds is 11. The van der Waals surface area contributed by atoms with Gasteiger partial charge in [0.1, 0.15) is 16.5 Å². The number of unbranched alkanes of at least 4 members (excludes halogenated alkanes) is 1. The van der Waals surface area contributed by atoms with Gasteiger partial charge in [-0.05, 0) is 49.7 Å². The van der Waals surface area contributed by atoms with Gasteiger partial charge in [-0.25, -0.2) is 0 Å². The van der Waals surface area contributed by atoms with Gasteiger partial charge in [0.25, 0.3) is 5.91 Å². The van der Waals surface area contributed by atoms with Crippen molar-refractivity contribution < 1.29 is 27.9 Å². The lowest BCUT2D eigenvalue weighted by Crippen LogP contribution is -2.23. The minimum absolute atomic E-state index is 0.0914. The highest BCUT2D eigenvalue weighted by atomic mass is 32.1. The summed E-state index contributed by atoms with van der Waals surface area (Å²) >= 11 is 1.12. The van der Waals surface area contributed by atoms with Crippen LogP contribution in [0.25, 0.3) is 0 Å². The van der Waals surface area contributed by atoms with E-state index in [-0.39, 0.29) is 22.9 Å². The number of carbonyl (C=O) groups is 2. The van der Waals surface area contributed by atoms with Crippen molar-refractivity contribution in [1.29, 1.82) is 0 Å². The van der Waals surface area contributed by atoms with Crippen LogP contribution in [0.5, 0.6) is 5.75 Å². The number of nitrogens with zero attached hydrogens (tertiary/aromatic N) is 6. The van der Waals surface area contributed by atoms with E-state index in [1.165, 1.54) is 0 Å². The molecule has 3 heterocycles. The zero-order valence-electron chi connectivity index (χ0n) is 21.4. The molecule has 0 saturated heterocycles. The number of nitrogens with one attached hydrogen (secondary N) is 2. The maximum absolute atomic E-state index is 12.7. The van der Waals surface area contributed by atoms with E-state index in [0.717, 1.165) is 54.6 Å². The summed E-state index contributed by atoms with van der Waals surface area (Å²) in [6, 6.07) is 8.97. The van der Waals surface area contributed by atoms with E-state index in [4.69, 9.17) is 5.11 Å². The predicted molar refractivity (Wildman–Crippen MR) is 140 cm³/mol. The molecular formula is C25H27F3N8O3S. The number of aromatic hydroxyl groups is 1. The fraction of sp³-hybridized carbons (Fsp3) is 0.320. The van der Waals surface area contributed by atoms with Crippen LogP contribution in [0.3, 0.4) is 0 Å². The maximum Gasteiger partial charge on any atom is 0.416 e. The van der Waals surface area contributed by atoms with Crippen molar-refractivity contribution in [2.75, 3.05) is 7.05 Å². The van der Waals surface area contributed by atoms with Crippen LogP contribution in [0, 0.1) is 0 Å². The van der Waals surface area contributed by atoms with Crippen LogP contribution >= 0.6 is 11.3 Å². The Morgan fingerprint density at radius 2 is 1.95 bits per heavy atom. The molecule has 15 heteroatoms. The van der Waals surface area contributed by atoms with Gasteiger partial charge in [-0.3, -0.25) is 19.3 Å². The lowest BCUT2D eigenvalue weighted by atomic mass is 10.2.